The minimum atomic E-state index is -0.601. The van der Waals surface area contributed by atoms with Crippen molar-refractivity contribution in [2.45, 2.75) is 45.3 Å². The fraction of sp³-hybridized carbons (Fsp3) is 0.500. The molecule has 3 aromatic rings. The van der Waals surface area contributed by atoms with Gasteiger partial charge < -0.3 is 13.9 Å². The van der Waals surface area contributed by atoms with E-state index in [0.717, 1.165) is 11.5 Å². The van der Waals surface area contributed by atoms with Crippen molar-refractivity contribution in [3.05, 3.63) is 29.2 Å². The van der Waals surface area contributed by atoms with Crippen LogP contribution < -0.4 is 4.90 Å². The number of hydrogen-bond donors (Lipinski definition) is 0. The Balaban J connectivity index is 1.97. The van der Waals surface area contributed by atoms with Gasteiger partial charge in [-0.2, -0.15) is 5.10 Å². The monoisotopic (exact) mass is 519 g/mol. The Morgan fingerprint density at radius 2 is 2.11 bits per heavy atom. The molecule has 0 N–H and O–H groups in total. The van der Waals surface area contributed by atoms with Crippen molar-refractivity contribution in [3.63, 3.8) is 0 Å². The van der Waals surface area contributed by atoms with E-state index in [1.54, 1.807) is 37.1 Å². The lowest BCUT2D eigenvalue weighted by atomic mass is 9.99. The topological polar surface area (TPSA) is 112 Å². The molecular formula is C24H30ClN5O6. The Labute approximate surface area is 213 Å². The predicted molar refractivity (Wildman–Crippen MR) is 133 cm³/mol. The van der Waals surface area contributed by atoms with Crippen LogP contribution >= 0.6 is 11.6 Å². The molecule has 3 aromatic heterocycles. The summed E-state index contributed by atoms with van der Waals surface area (Å²) in [6.45, 7) is 4.39. The van der Waals surface area contributed by atoms with Gasteiger partial charge in [0, 0.05) is 44.6 Å². The molecule has 1 aliphatic heterocycles. The molecule has 4 heterocycles. The van der Waals surface area contributed by atoms with E-state index in [4.69, 9.17) is 35.3 Å². The Morgan fingerprint density at radius 1 is 1.33 bits per heavy atom. The number of anilines is 1. The second-order valence-electron chi connectivity index (χ2n) is 8.48. The van der Waals surface area contributed by atoms with Crippen molar-refractivity contribution in [3.8, 4) is 11.3 Å². The molecule has 0 aromatic carbocycles. The van der Waals surface area contributed by atoms with Crippen LogP contribution in [0.3, 0.4) is 0 Å². The first-order valence-electron chi connectivity index (χ1n) is 11.8. The number of carbonyl (C=O) groups is 2. The zero-order valence-electron chi connectivity index (χ0n) is 21.0. The molecule has 2 amide bonds. The van der Waals surface area contributed by atoms with E-state index in [0.29, 0.717) is 41.2 Å². The third-order valence-corrected chi connectivity index (χ3v) is 6.48. The van der Waals surface area contributed by atoms with Gasteiger partial charge in [-0.15, -0.1) is 0 Å². The lowest BCUT2D eigenvalue weighted by Gasteiger charge is -2.36. The maximum absolute atomic E-state index is 13.4. The van der Waals surface area contributed by atoms with Crippen LogP contribution in [0.4, 0.5) is 10.5 Å². The van der Waals surface area contributed by atoms with Gasteiger partial charge in [-0.05, 0) is 26.2 Å². The van der Waals surface area contributed by atoms with E-state index in [2.05, 4.69) is 5.10 Å². The van der Waals surface area contributed by atoms with E-state index in [-0.39, 0.29) is 35.8 Å². The molecular weight excluding hydrogens is 490 g/mol. The maximum atomic E-state index is 13.4. The highest BCUT2D eigenvalue weighted by Gasteiger charge is 2.39. The van der Waals surface area contributed by atoms with E-state index in [1.807, 2.05) is 6.92 Å². The number of rotatable bonds is 7. The number of amides is 2. The van der Waals surface area contributed by atoms with Gasteiger partial charge in [0.1, 0.15) is 11.2 Å². The van der Waals surface area contributed by atoms with Crippen LogP contribution in [-0.2, 0) is 21.4 Å². The second kappa shape index (κ2) is 10.9. The van der Waals surface area contributed by atoms with Crippen molar-refractivity contribution in [2.75, 3.05) is 32.3 Å². The number of aryl methyl sites for hydroxylation is 1. The van der Waals surface area contributed by atoms with Crippen molar-refractivity contribution < 1.29 is 28.3 Å². The molecule has 0 spiro atoms. The molecule has 12 heteroatoms. The molecule has 0 aliphatic carbocycles. The summed E-state index contributed by atoms with van der Waals surface area (Å²) in [6, 6.07) is 1.28. The van der Waals surface area contributed by atoms with Crippen molar-refractivity contribution in [1.82, 2.24) is 19.8 Å². The number of halogens is 1. The number of hydrogen-bond acceptors (Lipinski definition) is 8. The SMILES string of the molecule is CCOC(=O)N(c1c(C(=O)N(C)OC)oc2cc(Cl)c(-c3cnn(C)c3)nc12)[C@H]1CCO[C@@H](CC)C1. The summed E-state index contributed by atoms with van der Waals surface area (Å²) in [4.78, 5) is 38.1. The third-order valence-electron chi connectivity index (χ3n) is 6.19. The Hall–Kier alpha value is -3.15. The average molecular weight is 520 g/mol. The van der Waals surface area contributed by atoms with Crippen LogP contribution in [0.25, 0.3) is 22.4 Å². The summed E-state index contributed by atoms with van der Waals surface area (Å²) in [7, 11) is 4.61. The van der Waals surface area contributed by atoms with E-state index < -0.39 is 12.0 Å². The largest absolute Gasteiger partial charge is 0.449 e. The highest BCUT2D eigenvalue weighted by Crippen LogP contribution is 2.40. The maximum Gasteiger partial charge on any atom is 0.414 e. The summed E-state index contributed by atoms with van der Waals surface area (Å²) in [5.74, 6) is -0.688. The second-order valence-corrected chi connectivity index (χ2v) is 8.89. The standard InChI is InChI=1S/C24H30ClN5O6/c1-6-16-10-15(8-9-35-16)30(24(32)34-7-2)21-20-18(36-22(21)23(31)29(4)33-5)11-17(25)19(27-20)14-12-26-28(3)13-14/h11-13,15-16H,6-10H2,1-5H3/t15-,16-/m0/s1. The van der Waals surface area contributed by atoms with Crippen LogP contribution in [0.15, 0.2) is 22.9 Å². The molecule has 1 aliphatic rings. The molecule has 36 heavy (non-hydrogen) atoms. The van der Waals surface area contributed by atoms with Gasteiger partial charge in [-0.1, -0.05) is 18.5 Å². The molecule has 0 bridgehead atoms. The number of aromatic nitrogens is 3. The van der Waals surface area contributed by atoms with E-state index >= 15 is 0 Å². The average Bonchev–Trinajstić information content (AvgIpc) is 3.46. The molecule has 0 saturated carbocycles. The number of ether oxygens (including phenoxy) is 2. The first kappa shape index (κ1) is 25.9. The smallest absolute Gasteiger partial charge is 0.414 e. The van der Waals surface area contributed by atoms with Gasteiger partial charge >= 0.3 is 12.0 Å². The highest BCUT2D eigenvalue weighted by atomic mass is 35.5. The predicted octanol–water partition coefficient (Wildman–Crippen LogP) is 4.44. The number of hydroxylamine groups is 2. The number of pyridine rings is 1. The summed E-state index contributed by atoms with van der Waals surface area (Å²) < 4.78 is 18.9. The summed E-state index contributed by atoms with van der Waals surface area (Å²) in [5.41, 5.74) is 1.89. The zero-order chi connectivity index (χ0) is 26.0. The van der Waals surface area contributed by atoms with E-state index in [9.17, 15) is 9.59 Å². The van der Waals surface area contributed by atoms with Crippen LogP contribution in [0.2, 0.25) is 5.02 Å². The summed E-state index contributed by atoms with van der Waals surface area (Å²) in [6.07, 6.45) is 4.69. The Bertz CT molecular complexity index is 1260. The third kappa shape index (κ3) is 4.91. The molecule has 0 unspecified atom stereocenters. The van der Waals surface area contributed by atoms with Gasteiger partial charge in [0.15, 0.2) is 5.58 Å². The van der Waals surface area contributed by atoms with Crippen LogP contribution in [-0.4, -0.2) is 71.3 Å². The molecule has 1 saturated heterocycles. The minimum absolute atomic E-state index is 0.0343. The van der Waals surface area contributed by atoms with Crippen molar-refractivity contribution in [2.24, 2.45) is 7.05 Å². The Morgan fingerprint density at radius 3 is 2.75 bits per heavy atom. The number of furan rings is 1. The molecule has 1 fully saturated rings. The van der Waals surface area contributed by atoms with Crippen molar-refractivity contribution >= 4 is 40.4 Å². The fourth-order valence-electron chi connectivity index (χ4n) is 4.32. The normalized spacial score (nSPS) is 17.8. The lowest BCUT2D eigenvalue weighted by molar-refractivity contribution is -0.0772. The zero-order valence-corrected chi connectivity index (χ0v) is 21.7. The van der Waals surface area contributed by atoms with Crippen LogP contribution in [0.1, 0.15) is 43.7 Å². The molecule has 0 radical (unpaired) electrons. The van der Waals surface area contributed by atoms with Gasteiger partial charge in [0.25, 0.3) is 0 Å². The van der Waals surface area contributed by atoms with Crippen molar-refractivity contribution in [1.29, 1.82) is 0 Å². The first-order chi connectivity index (χ1) is 17.3. The number of carbonyl (C=O) groups excluding carboxylic acids is 2. The Kier molecular flexibility index (Phi) is 7.82. The van der Waals surface area contributed by atoms with Gasteiger partial charge in [-0.3, -0.25) is 19.2 Å². The van der Waals surface area contributed by atoms with E-state index in [1.165, 1.54) is 19.1 Å². The molecule has 4 rings (SSSR count). The fourth-order valence-corrected chi connectivity index (χ4v) is 4.57. The van der Waals surface area contributed by atoms with Crippen LogP contribution in [0.5, 0.6) is 0 Å². The van der Waals surface area contributed by atoms with Gasteiger partial charge in [0.2, 0.25) is 5.76 Å². The summed E-state index contributed by atoms with van der Waals surface area (Å²) in [5, 5.41) is 5.54. The van der Waals surface area contributed by atoms with Gasteiger partial charge in [-0.25, -0.2) is 14.8 Å². The highest BCUT2D eigenvalue weighted by molar-refractivity contribution is 6.33. The molecule has 11 nitrogen and oxygen atoms in total. The quantitative estimate of drug-likeness (QED) is 0.421. The summed E-state index contributed by atoms with van der Waals surface area (Å²) >= 11 is 6.56. The molecule has 194 valence electrons. The number of fused-ring (bicyclic) bond motifs is 1. The lowest BCUT2D eigenvalue weighted by Crippen LogP contribution is -2.47. The van der Waals surface area contributed by atoms with Crippen LogP contribution in [0, 0.1) is 0 Å². The minimum Gasteiger partial charge on any atom is -0.449 e. The van der Waals surface area contributed by atoms with Gasteiger partial charge in [0.05, 0.1) is 36.7 Å². The first-order valence-corrected chi connectivity index (χ1v) is 12.2. The molecule has 2 atom stereocenters. The number of nitrogens with zero attached hydrogens (tertiary/aromatic N) is 5.